The molecule has 3 heteroatoms. The monoisotopic (exact) mass is 434 g/mol. The van der Waals surface area contributed by atoms with Gasteiger partial charge in [0, 0.05) is 0 Å². The Balaban J connectivity index is 1.59. The van der Waals surface area contributed by atoms with E-state index in [0.717, 1.165) is 51.4 Å². The first kappa shape index (κ1) is 24.0. The zero-order chi connectivity index (χ0) is 21.7. The van der Waals surface area contributed by atoms with Gasteiger partial charge in [-0.15, -0.1) is 0 Å². The van der Waals surface area contributed by atoms with Crippen LogP contribution in [-0.4, -0.2) is 33.1 Å². The Morgan fingerprint density at radius 1 is 0.484 bits per heavy atom. The van der Waals surface area contributed by atoms with Crippen molar-refractivity contribution in [1.82, 2.24) is 0 Å². The Morgan fingerprint density at radius 3 is 1.16 bits per heavy atom. The van der Waals surface area contributed by atoms with Gasteiger partial charge < -0.3 is 15.3 Å². The SMILES string of the molecule is OC(C(C1CCCCC1)C1CCCCC1)C(O)C(O)(C1CCCCC1)C1CCCCC1. The quantitative estimate of drug-likeness (QED) is 0.436. The summed E-state index contributed by atoms with van der Waals surface area (Å²) in [6.07, 6.45) is 22.0. The van der Waals surface area contributed by atoms with Crippen molar-refractivity contribution in [1.29, 1.82) is 0 Å². The van der Waals surface area contributed by atoms with E-state index in [0.29, 0.717) is 11.8 Å². The maximum absolute atomic E-state index is 12.3. The molecule has 0 radical (unpaired) electrons. The first-order chi connectivity index (χ1) is 15.1. The zero-order valence-corrected chi connectivity index (χ0v) is 20.0. The summed E-state index contributed by atoms with van der Waals surface area (Å²) in [7, 11) is 0. The van der Waals surface area contributed by atoms with Crippen LogP contribution < -0.4 is 0 Å². The van der Waals surface area contributed by atoms with Crippen molar-refractivity contribution in [2.24, 2.45) is 29.6 Å². The molecule has 0 aromatic rings. The predicted molar refractivity (Wildman–Crippen MR) is 127 cm³/mol. The van der Waals surface area contributed by atoms with Gasteiger partial charge in [-0.25, -0.2) is 0 Å². The fourth-order valence-electron chi connectivity index (χ4n) is 8.41. The molecule has 3 N–H and O–H groups in total. The minimum Gasteiger partial charge on any atom is -0.390 e. The molecule has 4 fully saturated rings. The number of rotatable bonds is 7. The summed E-state index contributed by atoms with van der Waals surface area (Å²) in [6.45, 7) is 0. The standard InChI is InChI=1S/C28H50O3/c29-26(25(21-13-5-1-6-14-21)22-15-7-2-8-16-22)27(30)28(31,23-17-9-3-10-18-23)24-19-11-4-12-20-24/h21-27,29-31H,1-20H2. The highest BCUT2D eigenvalue weighted by atomic mass is 16.4. The molecule has 0 aromatic heterocycles. The van der Waals surface area contributed by atoms with Gasteiger partial charge in [0.15, 0.2) is 0 Å². The molecule has 4 rings (SSSR count). The van der Waals surface area contributed by atoms with Gasteiger partial charge in [-0.05, 0) is 55.3 Å². The molecule has 2 unspecified atom stereocenters. The molecule has 4 aliphatic carbocycles. The Labute approximate surface area is 191 Å². The average molecular weight is 435 g/mol. The molecule has 0 heterocycles. The molecule has 2 atom stereocenters. The normalized spacial score (nSPS) is 28.6. The van der Waals surface area contributed by atoms with Crippen molar-refractivity contribution in [3.05, 3.63) is 0 Å². The van der Waals surface area contributed by atoms with E-state index >= 15 is 0 Å². The van der Waals surface area contributed by atoms with Crippen molar-refractivity contribution < 1.29 is 15.3 Å². The van der Waals surface area contributed by atoms with Crippen LogP contribution in [-0.2, 0) is 0 Å². The molecule has 0 bridgehead atoms. The minimum absolute atomic E-state index is 0.160. The van der Waals surface area contributed by atoms with Crippen LogP contribution in [0.1, 0.15) is 128 Å². The third-order valence-corrected chi connectivity index (χ3v) is 10.1. The minimum atomic E-state index is -1.10. The second-order valence-electron chi connectivity index (χ2n) is 11.9. The van der Waals surface area contributed by atoms with E-state index in [1.807, 2.05) is 0 Å². The van der Waals surface area contributed by atoms with Gasteiger partial charge >= 0.3 is 0 Å². The molecule has 0 aliphatic heterocycles. The second kappa shape index (κ2) is 11.3. The third kappa shape index (κ3) is 5.35. The average Bonchev–Trinajstić information content (AvgIpc) is 2.85. The number of hydrogen-bond donors (Lipinski definition) is 3. The summed E-state index contributed by atoms with van der Waals surface area (Å²) >= 11 is 0. The number of hydrogen-bond acceptors (Lipinski definition) is 3. The molecule has 3 nitrogen and oxygen atoms in total. The molecule has 4 saturated carbocycles. The summed E-state index contributed by atoms with van der Waals surface area (Å²) in [5, 5.41) is 36.1. The summed E-state index contributed by atoms with van der Waals surface area (Å²) in [6, 6.07) is 0. The highest BCUT2D eigenvalue weighted by Crippen LogP contribution is 2.49. The lowest BCUT2D eigenvalue weighted by Gasteiger charge is -2.52. The van der Waals surface area contributed by atoms with Gasteiger partial charge in [0.2, 0.25) is 0 Å². The van der Waals surface area contributed by atoms with Crippen molar-refractivity contribution in [2.75, 3.05) is 0 Å². The molecular weight excluding hydrogens is 384 g/mol. The fourth-order valence-corrected chi connectivity index (χ4v) is 8.41. The maximum Gasteiger partial charge on any atom is 0.109 e. The Hall–Kier alpha value is -0.120. The van der Waals surface area contributed by atoms with E-state index in [1.54, 1.807) is 0 Å². The Bertz CT molecular complexity index is 474. The molecule has 0 amide bonds. The van der Waals surface area contributed by atoms with Crippen molar-refractivity contribution >= 4 is 0 Å². The van der Waals surface area contributed by atoms with E-state index in [9.17, 15) is 15.3 Å². The molecule has 31 heavy (non-hydrogen) atoms. The number of aliphatic hydroxyl groups is 3. The van der Waals surface area contributed by atoms with Crippen molar-refractivity contribution in [2.45, 2.75) is 146 Å². The number of aliphatic hydroxyl groups excluding tert-OH is 2. The van der Waals surface area contributed by atoms with E-state index < -0.39 is 17.8 Å². The van der Waals surface area contributed by atoms with Crippen LogP contribution in [0, 0.1) is 29.6 Å². The second-order valence-corrected chi connectivity index (χ2v) is 11.9. The van der Waals surface area contributed by atoms with Crippen LogP contribution in [0.5, 0.6) is 0 Å². The van der Waals surface area contributed by atoms with E-state index in [4.69, 9.17) is 0 Å². The first-order valence-electron chi connectivity index (χ1n) is 14.2. The largest absolute Gasteiger partial charge is 0.390 e. The van der Waals surface area contributed by atoms with Crippen LogP contribution in [0.3, 0.4) is 0 Å². The Kier molecular flexibility index (Phi) is 8.79. The van der Waals surface area contributed by atoms with E-state index in [-0.39, 0.29) is 17.8 Å². The van der Waals surface area contributed by atoms with Gasteiger partial charge in [0.05, 0.1) is 11.7 Å². The lowest BCUT2D eigenvalue weighted by molar-refractivity contribution is -0.210. The molecule has 0 aromatic carbocycles. The van der Waals surface area contributed by atoms with Crippen molar-refractivity contribution in [3.8, 4) is 0 Å². The van der Waals surface area contributed by atoms with Crippen LogP contribution in [0.4, 0.5) is 0 Å². The van der Waals surface area contributed by atoms with Gasteiger partial charge in [0.1, 0.15) is 6.10 Å². The van der Waals surface area contributed by atoms with E-state index in [1.165, 1.54) is 77.0 Å². The topological polar surface area (TPSA) is 60.7 Å². The van der Waals surface area contributed by atoms with Crippen LogP contribution in [0.15, 0.2) is 0 Å². The highest BCUT2D eigenvalue weighted by Gasteiger charge is 2.54. The fraction of sp³-hybridized carbons (Fsp3) is 1.00. The van der Waals surface area contributed by atoms with Gasteiger partial charge in [-0.2, -0.15) is 0 Å². The summed E-state index contributed by atoms with van der Waals surface area (Å²) in [4.78, 5) is 0. The predicted octanol–water partition coefficient (Wildman–Crippen LogP) is 6.38. The highest BCUT2D eigenvalue weighted by molar-refractivity contribution is 5.04. The van der Waals surface area contributed by atoms with Crippen LogP contribution >= 0.6 is 0 Å². The molecular formula is C28H50O3. The van der Waals surface area contributed by atoms with Gasteiger partial charge in [0.25, 0.3) is 0 Å². The zero-order valence-electron chi connectivity index (χ0n) is 20.0. The summed E-state index contributed by atoms with van der Waals surface area (Å²) < 4.78 is 0. The smallest absolute Gasteiger partial charge is 0.109 e. The van der Waals surface area contributed by atoms with Crippen LogP contribution in [0.2, 0.25) is 0 Å². The third-order valence-electron chi connectivity index (χ3n) is 10.1. The Morgan fingerprint density at radius 2 is 0.806 bits per heavy atom. The first-order valence-corrected chi connectivity index (χ1v) is 14.2. The van der Waals surface area contributed by atoms with E-state index in [2.05, 4.69) is 0 Å². The van der Waals surface area contributed by atoms with Crippen LogP contribution in [0.25, 0.3) is 0 Å². The van der Waals surface area contributed by atoms with Crippen molar-refractivity contribution in [3.63, 3.8) is 0 Å². The van der Waals surface area contributed by atoms with Gasteiger partial charge in [-0.1, -0.05) is 103 Å². The maximum atomic E-state index is 12.3. The van der Waals surface area contributed by atoms with Gasteiger partial charge in [-0.3, -0.25) is 0 Å². The lowest BCUT2D eigenvalue weighted by atomic mass is 9.59. The summed E-state index contributed by atoms with van der Waals surface area (Å²) in [5.74, 6) is 1.56. The molecule has 4 aliphatic rings. The molecule has 0 spiro atoms. The molecule has 0 saturated heterocycles. The summed E-state index contributed by atoms with van der Waals surface area (Å²) in [5.41, 5.74) is -1.10. The lowest BCUT2D eigenvalue weighted by Crippen LogP contribution is -2.61. The molecule has 180 valence electrons.